The molecule has 24 heavy (non-hydrogen) atoms. The van der Waals surface area contributed by atoms with Crippen molar-refractivity contribution < 1.29 is 4.79 Å². The minimum absolute atomic E-state index is 0.0391. The number of carbonyl (C=O) groups is 1. The number of ketones is 1. The highest BCUT2D eigenvalue weighted by Crippen LogP contribution is 2.24. The van der Waals surface area contributed by atoms with Crippen molar-refractivity contribution in [1.82, 2.24) is 19.5 Å². The number of anilines is 1. The first-order valence-corrected chi connectivity index (χ1v) is 7.69. The maximum atomic E-state index is 11.5. The van der Waals surface area contributed by atoms with Crippen LogP contribution in [0.2, 0.25) is 0 Å². The van der Waals surface area contributed by atoms with E-state index in [0.717, 1.165) is 11.4 Å². The van der Waals surface area contributed by atoms with E-state index in [1.165, 1.54) is 6.92 Å². The number of Topliss-reactive ketones (excluding diaryl/α,β-unsaturated/α-hetero) is 1. The minimum Gasteiger partial charge on any atom is -0.340 e. The molecule has 0 aliphatic rings. The van der Waals surface area contributed by atoms with Gasteiger partial charge in [0.15, 0.2) is 5.78 Å². The van der Waals surface area contributed by atoms with Crippen molar-refractivity contribution >= 4 is 11.7 Å². The number of aryl methyl sites for hydroxylation is 2. The van der Waals surface area contributed by atoms with Gasteiger partial charge in [0.05, 0.1) is 11.3 Å². The first kappa shape index (κ1) is 15.9. The first-order valence-electron chi connectivity index (χ1n) is 7.69. The van der Waals surface area contributed by atoms with E-state index in [1.54, 1.807) is 12.4 Å². The smallest absolute Gasteiger partial charge is 0.223 e. The molecule has 0 aliphatic heterocycles. The molecule has 1 unspecified atom stereocenters. The molecule has 0 saturated heterocycles. The molecule has 0 spiro atoms. The molecule has 1 aromatic carbocycles. The van der Waals surface area contributed by atoms with E-state index in [0.29, 0.717) is 17.2 Å². The Labute approximate surface area is 140 Å². The Morgan fingerprint density at radius 2 is 1.96 bits per heavy atom. The molecule has 0 amide bonds. The number of carbonyl (C=O) groups excluding carboxylic acids is 1. The Balaban J connectivity index is 1.97. The number of imidazole rings is 1. The Morgan fingerprint density at radius 1 is 1.21 bits per heavy atom. The number of hydrogen-bond donors (Lipinski definition) is 1. The van der Waals surface area contributed by atoms with Gasteiger partial charge in [0.1, 0.15) is 11.9 Å². The summed E-state index contributed by atoms with van der Waals surface area (Å²) in [7, 11) is 1.95. The third-order valence-electron chi connectivity index (χ3n) is 3.88. The maximum Gasteiger partial charge on any atom is 0.223 e. The van der Waals surface area contributed by atoms with Gasteiger partial charge in [-0.1, -0.05) is 30.3 Å². The molecule has 0 aliphatic carbocycles. The molecule has 0 fully saturated rings. The van der Waals surface area contributed by atoms with Crippen LogP contribution in [-0.2, 0) is 7.05 Å². The molecule has 1 atom stereocenters. The Hall–Kier alpha value is -3.02. The van der Waals surface area contributed by atoms with Crippen LogP contribution in [0.3, 0.4) is 0 Å². The standard InChI is InChI=1S/C18H19N5O/c1-12-15(13(2)24)11-20-18(21-12)22-16(14-7-5-4-6-8-14)17-19-9-10-23(17)3/h4-11,16H,1-3H3,(H,20,21,22). The lowest BCUT2D eigenvalue weighted by atomic mass is 10.1. The first-order chi connectivity index (χ1) is 11.6. The van der Waals surface area contributed by atoms with Gasteiger partial charge in [-0.25, -0.2) is 15.0 Å². The summed E-state index contributed by atoms with van der Waals surface area (Å²) in [5.74, 6) is 1.29. The van der Waals surface area contributed by atoms with Crippen LogP contribution < -0.4 is 5.32 Å². The number of nitrogens with one attached hydrogen (secondary N) is 1. The molecule has 0 saturated carbocycles. The number of hydrogen-bond acceptors (Lipinski definition) is 5. The highest BCUT2D eigenvalue weighted by Gasteiger charge is 2.19. The number of aromatic nitrogens is 4. The van der Waals surface area contributed by atoms with Gasteiger partial charge < -0.3 is 9.88 Å². The third kappa shape index (κ3) is 3.17. The number of nitrogens with zero attached hydrogens (tertiary/aromatic N) is 4. The third-order valence-corrected chi connectivity index (χ3v) is 3.88. The Bertz CT molecular complexity index is 857. The molecule has 2 aromatic heterocycles. The summed E-state index contributed by atoms with van der Waals surface area (Å²) in [6, 6.07) is 9.82. The van der Waals surface area contributed by atoms with E-state index in [2.05, 4.69) is 20.3 Å². The van der Waals surface area contributed by atoms with E-state index >= 15 is 0 Å². The summed E-state index contributed by atoms with van der Waals surface area (Å²) in [5.41, 5.74) is 2.25. The molecular weight excluding hydrogens is 302 g/mol. The zero-order chi connectivity index (χ0) is 17.1. The Morgan fingerprint density at radius 3 is 2.54 bits per heavy atom. The zero-order valence-corrected chi connectivity index (χ0v) is 13.9. The monoisotopic (exact) mass is 321 g/mol. The average Bonchev–Trinajstić information content (AvgIpc) is 2.99. The predicted molar refractivity (Wildman–Crippen MR) is 91.9 cm³/mol. The van der Waals surface area contributed by atoms with Crippen molar-refractivity contribution in [3.8, 4) is 0 Å². The summed E-state index contributed by atoms with van der Waals surface area (Å²) >= 11 is 0. The lowest BCUT2D eigenvalue weighted by molar-refractivity contribution is 0.101. The molecule has 0 bridgehead atoms. The number of rotatable bonds is 5. The van der Waals surface area contributed by atoms with E-state index in [4.69, 9.17) is 0 Å². The van der Waals surface area contributed by atoms with Crippen LogP contribution in [0.4, 0.5) is 5.95 Å². The van der Waals surface area contributed by atoms with Gasteiger partial charge >= 0.3 is 0 Å². The summed E-state index contributed by atoms with van der Waals surface area (Å²) in [5, 5.41) is 3.33. The summed E-state index contributed by atoms with van der Waals surface area (Å²) in [6.45, 7) is 3.32. The minimum atomic E-state index is -0.186. The van der Waals surface area contributed by atoms with Crippen molar-refractivity contribution in [2.75, 3.05) is 5.32 Å². The van der Waals surface area contributed by atoms with E-state index < -0.39 is 0 Å². The van der Waals surface area contributed by atoms with Crippen LogP contribution in [0.25, 0.3) is 0 Å². The molecule has 0 radical (unpaired) electrons. The second kappa shape index (κ2) is 6.62. The highest BCUT2D eigenvalue weighted by atomic mass is 16.1. The summed E-state index contributed by atoms with van der Waals surface area (Å²) in [6.07, 6.45) is 5.23. The molecular formula is C18H19N5O. The van der Waals surface area contributed by atoms with Crippen LogP contribution in [0.5, 0.6) is 0 Å². The molecule has 3 aromatic rings. The van der Waals surface area contributed by atoms with Crippen LogP contribution in [0, 0.1) is 6.92 Å². The van der Waals surface area contributed by atoms with Gasteiger partial charge in [0.2, 0.25) is 5.95 Å². The fourth-order valence-corrected chi connectivity index (χ4v) is 2.61. The highest BCUT2D eigenvalue weighted by molar-refractivity contribution is 5.94. The predicted octanol–water partition coefficient (Wildman–Crippen LogP) is 2.92. The lowest BCUT2D eigenvalue weighted by Crippen LogP contribution is -2.18. The zero-order valence-electron chi connectivity index (χ0n) is 13.9. The second-order valence-electron chi connectivity index (χ2n) is 5.63. The van der Waals surface area contributed by atoms with Crippen LogP contribution in [0.15, 0.2) is 48.9 Å². The summed E-state index contributed by atoms with van der Waals surface area (Å²) < 4.78 is 1.96. The topological polar surface area (TPSA) is 72.7 Å². The van der Waals surface area contributed by atoms with Crippen LogP contribution >= 0.6 is 0 Å². The number of benzene rings is 1. The van der Waals surface area contributed by atoms with Crippen molar-refractivity contribution in [3.63, 3.8) is 0 Å². The van der Waals surface area contributed by atoms with Gasteiger partial charge in [0.25, 0.3) is 0 Å². The fourth-order valence-electron chi connectivity index (χ4n) is 2.61. The van der Waals surface area contributed by atoms with Gasteiger partial charge in [-0.3, -0.25) is 4.79 Å². The molecule has 6 nitrogen and oxygen atoms in total. The molecule has 122 valence electrons. The van der Waals surface area contributed by atoms with Crippen molar-refractivity contribution in [2.45, 2.75) is 19.9 Å². The maximum absolute atomic E-state index is 11.5. The normalized spacial score (nSPS) is 12.0. The van der Waals surface area contributed by atoms with Crippen LogP contribution in [0.1, 0.15) is 40.4 Å². The van der Waals surface area contributed by atoms with Crippen LogP contribution in [-0.4, -0.2) is 25.3 Å². The van der Waals surface area contributed by atoms with Gasteiger partial charge in [0, 0.05) is 25.6 Å². The van der Waals surface area contributed by atoms with Gasteiger partial charge in [-0.15, -0.1) is 0 Å². The molecule has 6 heteroatoms. The van der Waals surface area contributed by atoms with E-state index in [1.807, 2.05) is 55.1 Å². The van der Waals surface area contributed by atoms with Crippen molar-refractivity contribution in [3.05, 3.63) is 71.6 Å². The fraction of sp³-hybridized carbons (Fsp3) is 0.222. The van der Waals surface area contributed by atoms with Crippen molar-refractivity contribution in [1.29, 1.82) is 0 Å². The largest absolute Gasteiger partial charge is 0.340 e. The lowest BCUT2D eigenvalue weighted by Gasteiger charge is -2.19. The quantitative estimate of drug-likeness (QED) is 0.732. The molecule has 3 rings (SSSR count). The molecule has 2 heterocycles. The van der Waals surface area contributed by atoms with Gasteiger partial charge in [-0.05, 0) is 19.4 Å². The van der Waals surface area contributed by atoms with Gasteiger partial charge in [-0.2, -0.15) is 0 Å². The van der Waals surface area contributed by atoms with E-state index in [-0.39, 0.29) is 11.8 Å². The average molecular weight is 321 g/mol. The molecule has 1 N–H and O–H groups in total. The van der Waals surface area contributed by atoms with E-state index in [9.17, 15) is 4.79 Å². The Kier molecular flexibility index (Phi) is 4.37. The second-order valence-corrected chi connectivity index (χ2v) is 5.63. The summed E-state index contributed by atoms with van der Waals surface area (Å²) in [4.78, 5) is 24.7. The SMILES string of the molecule is CC(=O)c1cnc(NC(c2ccccc2)c2nccn2C)nc1C. The van der Waals surface area contributed by atoms with Crippen molar-refractivity contribution in [2.24, 2.45) is 7.05 Å².